The number of nitrogens with one attached hydrogen (secondary N) is 1. The van der Waals surface area contributed by atoms with Crippen molar-refractivity contribution >= 4 is 11.9 Å². The second kappa shape index (κ2) is 7.59. The lowest BCUT2D eigenvalue weighted by molar-refractivity contribution is 0.0942. The van der Waals surface area contributed by atoms with E-state index in [4.69, 9.17) is 0 Å². The number of nitrogens with zero attached hydrogens (tertiary/aromatic N) is 3. The fraction of sp³-hybridized carbons (Fsp3) is 0.421. The molecule has 0 unspecified atom stereocenters. The first-order valence-corrected chi connectivity index (χ1v) is 8.93. The molecule has 0 aliphatic carbocycles. The molecule has 1 aromatic heterocycles. The predicted octanol–water partition coefficient (Wildman–Crippen LogP) is 1.81. The lowest BCUT2D eigenvalue weighted by Gasteiger charge is -2.17. The van der Waals surface area contributed by atoms with Crippen LogP contribution in [0.5, 0.6) is 5.75 Å². The van der Waals surface area contributed by atoms with Crippen LogP contribution in [-0.4, -0.2) is 33.7 Å². The Balaban J connectivity index is 1.80. The molecule has 138 valence electrons. The summed E-state index contributed by atoms with van der Waals surface area (Å²) in [6, 6.07) is 7.77. The Bertz CT molecular complexity index is 858. The number of unbranched alkanes of at least 4 members (excludes halogenated alkanes) is 1. The van der Waals surface area contributed by atoms with Crippen LogP contribution in [0.1, 0.15) is 41.4 Å². The number of rotatable bonds is 6. The van der Waals surface area contributed by atoms with Gasteiger partial charge in [-0.25, -0.2) is 4.98 Å². The zero-order valence-corrected chi connectivity index (χ0v) is 15.2. The van der Waals surface area contributed by atoms with Crippen molar-refractivity contribution < 1.29 is 9.90 Å². The first kappa shape index (κ1) is 18.0. The maximum absolute atomic E-state index is 12.5. The van der Waals surface area contributed by atoms with Crippen LogP contribution in [-0.2, 0) is 13.1 Å². The van der Waals surface area contributed by atoms with Crippen LogP contribution in [0, 0.1) is 6.92 Å². The molecule has 0 radical (unpaired) electrons. The molecule has 0 saturated heterocycles. The number of amides is 1. The molecule has 0 bridgehead atoms. The molecule has 7 nitrogen and oxygen atoms in total. The van der Waals surface area contributed by atoms with E-state index in [0.717, 1.165) is 30.5 Å². The number of carbonyl (C=O) groups is 1. The van der Waals surface area contributed by atoms with Gasteiger partial charge in [-0.2, -0.15) is 0 Å². The summed E-state index contributed by atoms with van der Waals surface area (Å²) in [5, 5.41) is 12.9. The summed E-state index contributed by atoms with van der Waals surface area (Å²) in [4.78, 5) is 31.1. The van der Waals surface area contributed by atoms with Gasteiger partial charge in [0, 0.05) is 26.2 Å². The van der Waals surface area contributed by atoms with E-state index in [1.165, 1.54) is 4.57 Å². The maximum Gasteiger partial charge on any atom is 0.298 e. The molecule has 0 atom stereocenters. The van der Waals surface area contributed by atoms with Gasteiger partial charge in [-0.1, -0.05) is 43.2 Å². The Morgan fingerprint density at radius 3 is 2.69 bits per heavy atom. The van der Waals surface area contributed by atoms with Crippen LogP contribution < -0.4 is 15.8 Å². The monoisotopic (exact) mass is 356 g/mol. The second-order valence-corrected chi connectivity index (χ2v) is 6.57. The van der Waals surface area contributed by atoms with E-state index in [1.54, 1.807) is 0 Å². The van der Waals surface area contributed by atoms with Gasteiger partial charge in [0.25, 0.3) is 11.5 Å². The van der Waals surface area contributed by atoms with Gasteiger partial charge in [-0.15, -0.1) is 0 Å². The largest absolute Gasteiger partial charge is 0.501 e. The van der Waals surface area contributed by atoms with Gasteiger partial charge in [0.1, 0.15) is 0 Å². The average molecular weight is 356 g/mol. The average Bonchev–Trinajstić information content (AvgIpc) is 3.05. The Kier molecular flexibility index (Phi) is 5.25. The molecule has 0 fully saturated rings. The fourth-order valence-corrected chi connectivity index (χ4v) is 2.99. The molecular weight excluding hydrogens is 332 g/mol. The minimum Gasteiger partial charge on any atom is -0.501 e. The van der Waals surface area contributed by atoms with Crippen molar-refractivity contribution in [1.82, 2.24) is 14.9 Å². The topological polar surface area (TPSA) is 87.5 Å². The second-order valence-electron chi connectivity index (χ2n) is 6.57. The number of hydrogen-bond acceptors (Lipinski definition) is 5. The van der Waals surface area contributed by atoms with Crippen LogP contribution in [0.15, 0.2) is 29.1 Å². The van der Waals surface area contributed by atoms with Gasteiger partial charge in [0.2, 0.25) is 11.7 Å². The predicted molar refractivity (Wildman–Crippen MR) is 99.6 cm³/mol. The number of aromatic nitrogens is 2. The van der Waals surface area contributed by atoms with Gasteiger partial charge in [0.05, 0.1) is 0 Å². The number of aromatic hydroxyl groups is 1. The van der Waals surface area contributed by atoms with Gasteiger partial charge in [-0.3, -0.25) is 14.2 Å². The normalized spacial score (nSPS) is 12.9. The Morgan fingerprint density at radius 2 is 2.00 bits per heavy atom. The first-order valence-electron chi connectivity index (χ1n) is 8.93. The Labute approximate surface area is 152 Å². The molecule has 0 saturated carbocycles. The van der Waals surface area contributed by atoms with Crippen molar-refractivity contribution in [3.63, 3.8) is 0 Å². The standard InChI is InChI=1S/C19H24N4O3/c1-3-4-9-22-10-11-23-18(26)16(24)15(21-19(22)23)17(25)20-12-14-7-5-13(2)6-8-14/h5-8,24H,3-4,9-12H2,1-2H3,(H,20,25). The highest BCUT2D eigenvalue weighted by molar-refractivity contribution is 5.95. The minimum atomic E-state index is -0.590. The van der Waals surface area contributed by atoms with Crippen molar-refractivity contribution in [2.45, 2.75) is 39.8 Å². The van der Waals surface area contributed by atoms with E-state index in [-0.39, 0.29) is 5.69 Å². The zero-order chi connectivity index (χ0) is 18.7. The third-order valence-corrected chi connectivity index (χ3v) is 4.57. The van der Waals surface area contributed by atoms with E-state index in [9.17, 15) is 14.7 Å². The van der Waals surface area contributed by atoms with Gasteiger partial charge in [-0.05, 0) is 18.9 Å². The summed E-state index contributed by atoms with van der Waals surface area (Å²) in [7, 11) is 0. The van der Waals surface area contributed by atoms with E-state index < -0.39 is 17.2 Å². The molecule has 1 amide bonds. The number of fused-ring (bicyclic) bond motifs is 1. The highest BCUT2D eigenvalue weighted by Gasteiger charge is 2.27. The van der Waals surface area contributed by atoms with Crippen LogP contribution in [0.25, 0.3) is 0 Å². The van der Waals surface area contributed by atoms with Crippen LogP contribution in [0.2, 0.25) is 0 Å². The first-order chi connectivity index (χ1) is 12.5. The Morgan fingerprint density at radius 1 is 1.27 bits per heavy atom. The number of hydrogen-bond donors (Lipinski definition) is 2. The number of carbonyl (C=O) groups excluding carboxylic acids is 1. The number of aryl methyl sites for hydroxylation is 1. The van der Waals surface area contributed by atoms with E-state index in [2.05, 4.69) is 17.2 Å². The fourth-order valence-electron chi connectivity index (χ4n) is 2.99. The molecule has 1 aliphatic rings. The van der Waals surface area contributed by atoms with E-state index in [1.807, 2.05) is 36.1 Å². The molecule has 7 heteroatoms. The van der Waals surface area contributed by atoms with Crippen molar-refractivity contribution in [2.24, 2.45) is 0 Å². The van der Waals surface area contributed by atoms with Gasteiger partial charge < -0.3 is 15.3 Å². The van der Waals surface area contributed by atoms with Gasteiger partial charge >= 0.3 is 0 Å². The third kappa shape index (κ3) is 3.56. The van der Waals surface area contributed by atoms with E-state index in [0.29, 0.717) is 25.6 Å². The van der Waals surface area contributed by atoms with Crippen LogP contribution in [0.3, 0.4) is 0 Å². The van der Waals surface area contributed by atoms with Crippen molar-refractivity contribution in [3.05, 3.63) is 51.4 Å². The summed E-state index contributed by atoms with van der Waals surface area (Å²) < 4.78 is 1.43. The maximum atomic E-state index is 12.5. The molecule has 1 aliphatic heterocycles. The minimum absolute atomic E-state index is 0.211. The molecule has 2 N–H and O–H groups in total. The molecule has 26 heavy (non-hydrogen) atoms. The summed E-state index contributed by atoms with van der Waals surface area (Å²) >= 11 is 0. The van der Waals surface area contributed by atoms with Gasteiger partial charge in [0.15, 0.2) is 5.69 Å². The third-order valence-electron chi connectivity index (χ3n) is 4.57. The molecule has 1 aromatic carbocycles. The quantitative estimate of drug-likeness (QED) is 0.824. The molecule has 2 heterocycles. The summed E-state index contributed by atoms with van der Waals surface area (Å²) in [5.74, 6) is -0.680. The number of benzene rings is 1. The van der Waals surface area contributed by atoms with E-state index >= 15 is 0 Å². The van der Waals surface area contributed by atoms with Crippen LogP contribution in [0.4, 0.5) is 5.95 Å². The highest BCUT2D eigenvalue weighted by Crippen LogP contribution is 2.21. The Hall–Kier alpha value is -2.83. The summed E-state index contributed by atoms with van der Waals surface area (Å²) in [6.45, 7) is 6.31. The molecular formula is C19H24N4O3. The van der Waals surface area contributed by atoms with Crippen molar-refractivity contribution in [2.75, 3.05) is 18.0 Å². The highest BCUT2D eigenvalue weighted by atomic mass is 16.3. The number of anilines is 1. The smallest absolute Gasteiger partial charge is 0.298 e. The zero-order valence-electron chi connectivity index (χ0n) is 15.2. The lowest BCUT2D eigenvalue weighted by atomic mass is 10.1. The van der Waals surface area contributed by atoms with Crippen molar-refractivity contribution in [3.8, 4) is 5.75 Å². The lowest BCUT2D eigenvalue weighted by Crippen LogP contribution is -2.30. The molecule has 0 spiro atoms. The molecule has 2 aromatic rings. The summed E-state index contributed by atoms with van der Waals surface area (Å²) in [5.41, 5.74) is 1.30. The van der Waals surface area contributed by atoms with Crippen molar-refractivity contribution in [1.29, 1.82) is 0 Å². The molecule has 3 rings (SSSR count). The summed E-state index contributed by atoms with van der Waals surface area (Å²) in [6.07, 6.45) is 2.01. The SMILES string of the molecule is CCCCN1CCn2c1nc(C(=O)NCc1ccc(C)cc1)c(O)c2=O. The van der Waals surface area contributed by atoms with Crippen LogP contribution >= 0.6 is 0 Å².